The molecular formula is C19H20FN3O3S. The third kappa shape index (κ3) is 4.16. The number of nitrogens with one attached hydrogen (secondary N) is 1. The summed E-state index contributed by atoms with van der Waals surface area (Å²) in [4.78, 5) is 12.0. The van der Waals surface area contributed by atoms with E-state index in [0.717, 1.165) is 0 Å². The summed E-state index contributed by atoms with van der Waals surface area (Å²) in [5.74, 6) is -0.721. The lowest BCUT2D eigenvalue weighted by Gasteiger charge is -2.20. The molecule has 1 atom stereocenters. The van der Waals surface area contributed by atoms with Gasteiger partial charge in [-0.25, -0.2) is 17.8 Å². The average molecular weight is 389 g/mol. The first-order valence-corrected chi connectivity index (χ1v) is 10.2. The van der Waals surface area contributed by atoms with Gasteiger partial charge in [-0.05, 0) is 30.7 Å². The van der Waals surface area contributed by atoms with Gasteiger partial charge in [0.25, 0.3) is 0 Å². The number of hydrogen-bond donors (Lipinski definition) is 1. The van der Waals surface area contributed by atoms with E-state index >= 15 is 0 Å². The molecule has 27 heavy (non-hydrogen) atoms. The number of sulfonamides is 1. The number of hydrogen-bond acceptors (Lipinski definition) is 4. The average Bonchev–Trinajstić information content (AvgIpc) is 3.07. The summed E-state index contributed by atoms with van der Waals surface area (Å²) in [5, 5.41) is 5.65. The number of hydrazone groups is 1. The summed E-state index contributed by atoms with van der Waals surface area (Å²) in [6, 6.07) is 12.6. The van der Waals surface area contributed by atoms with Crippen LogP contribution in [0.15, 0.2) is 53.6 Å². The lowest BCUT2D eigenvalue weighted by Crippen LogP contribution is -2.25. The Morgan fingerprint density at radius 1 is 1.26 bits per heavy atom. The van der Waals surface area contributed by atoms with Crippen LogP contribution in [-0.2, 0) is 14.8 Å². The SMILES string of the molecule is CCS(=O)(=O)Nc1cccc(C2=NN(C(C)=O)[C@@H](c3ccccc3F)C2)c1. The molecule has 1 aliphatic heterocycles. The Morgan fingerprint density at radius 3 is 2.67 bits per heavy atom. The molecule has 142 valence electrons. The zero-order valence-corrected chi connectivity index (χ0v) is 15.8. The molecular weight excluding hydrogens is 369 g/mol. The minimum Gasteiger partial charge on any atom is -0.284 e. The highest BCUT2D eigenvalue weighted by molar-refractivity contribution is 7.92. The number of anilines is 1. The first-order chi connectivity index (χ1) is 12.8. The molecule has 0 saturated heterocycles. The number of carbonyl (C=O) groups is 1. The van der Waals surface area contributed by atoms with Gasteiger partial charge in [0.15, 0.2) is 0 Å². The fourth-order valence-electron chi connectivity index (χ4n) is 2.98. The van der Waals surface area contributed by atoms with Crippen LogP contribution in [-0.4, -0.2) is 30.8 Å². The van der Waals surface area contributed by atoms with Crippen LogP contribution in [0, 0.1) is 5.82 Å². The minimum absolute atomic E-state index is 0.0361. The summed E-state index contributed by atoms with van der Waals surface area (Å²) >= 11 is 0. The molecule has 0 radical (unpaired) electrons. The Labute approximate surface area is 157 Å². The smallest absolute Gasteiger partial charge is 0.240 e. The van der Waals surface area contributed by atoms with Crippen molar-refractivity contribution in [3.05, 3.63) is 65.5 Å². The predicted octanol–water partition coefficient (Wildman–Crippen LogP) is 3.28. The molecule has 0 aromatic heterocycles. The van der Waals surface area contributed by atoms with E-state index in [2.05, 4.69) is 9.82 Å². The largest absolute Gasteiger partial charge is 0.284 e. The van der Waals surface area contributed by atoms with E-state index in [1.54, 1.807) is 49.4 Å². The van der Waals surface area contributed by atoms with E-state index in [-0.39, 0.29) is 11.7 Å². The van der Waals surface area contributed by atoms with Gasteiger partial charge in [-0.2, -0.15) is 5.10 Å². The Kier molecular flexibility index (Phi) is 5.27. The fourth-order valence-corrected chi connectivity index (χ4v) is 3.61. The maximum Gasteiger partial charge on any atom is 0.240 e. The molecule has 1 amide bonds. The van der Waals surface area contributed by atoms with Crippen molar-refractivity contribution in [1.82, 2.24) is 5.01 Å². The third-order valence-corrected chi connectivity index (χ3v) is 5.65. The van der Waals surface area contributed by atoms with Crippen molar-refractivity contribution in [3.8, 4) is 0 Å². The number of rotatable bonds is 5. The number of amides is 1. The Bertz CT molecular complexity index is 1000. The molecule has 0 spiro atoms. The summed E-state index contributed by atoms with van der Waals surface area (Å²) in [6.07, 6.45) is 0.338. The van der Waals surface area contributed by atoms with Crippen LogP contribution in [0.4, 0.5) is 10.1 Å². The molecule has 0 bridgehead atoms. The van der Waals surface area contributed by atoms with Gasteiger partial charge in [0.05, 0.1) is 17.5 Å². The Morgan fingerprint density at radius 2 is 2.00 bits per heavy atom. The zero-order valence-electron chi connectivity index (χ0n) is 15.0. The predicted molar refractivity (Wildman–Crippen MR) is 102 cm³/mol. The number of benzene rings is 2. The maximum absolute atomic E-state index is 14.2. The number of nitrogens with zero attached hydrogens (tertiary/aromatic N) is 2. The van der Waals surface area contributed by atoms with E-state index in [1.807, 2.05) is 0 Å². The second-order valence-corrected chi connectivity index (χ2v) is 8.25. The van der Waals surface area contributed by atoms with Crippen molar-refractivity contribution in [2.24, 2.45) is 5.10 Å². The molecule has 2 aromatic carbocycles. The Hall–Kier alpha value is -2.74. The number of halogens is 1. The van der Waals surface area contributed by atoms with Crippen molar-refractivity contribution >= 4 is 27.3 Å². The lowest BCUT2D eigenvalue weighted by molar-refractivity contribution is -0.130. The minimum atomic E-state index is -3.40. The van der Waals surface area contributed by atoms with E-state index in [0.29, 0.717) is 28.9 Å². The first kappa shape index (κ1) is 19.0. The van der Waals surface area contributed by atoms with Crippen LogP contribution in [0.3, 0.4) is 0 Å². The Balaban J connectivity index is 1.93. The van der Waals surface area contributed by atoms with Gasteiger partial charge in [-0.1, -0.05) is 30.3 Å². The quantitative estimate of drug-likeness (QED) is 0.852. The first-order valence-electron chi connectivity index (χ1n) is 8.53. The monoisotopic (exact) mass is 389 g/mol. The highest BCUT2D eigenvalue weighted by atomic mass is 32.2. The maximum atomic E-state index is 14.2. The summed E-state index contributed by atoms with van der Waals surface area (Å²) in [7, 11) is -3.40. The van der Waals surface area contributed by atoms with Crippen LogP contribution in [0.1, 0.15) is 37.4 Å². The molecule has 0 saturated carbocycles. The van der Waals surface area contributed by atoms with Crippen LogP contribution in [0.25, 0.3) is 0 Å². The molecule has 0 unspecified atom stereocenters. The second kappa shape index (κ2) is 7.48. The van der Waals surface area contributed by atoms with Crippen molar-refractivity contribution in [1.29, 1.82) is 0 Å². The van der Waals surface area contributed by atoms with Gasteiger partial charge in [-0.15, -0.1) is 0 Å². The molecule has 0 fully saturated rings. The molecule has 6 nitrogen and oxygen atoms in total. The number of carbonyl (C=O) groups excluding carboxylic acids is 1. The highest BCUT2D eigenvalue weighted by Crippen LogP contribution is 2.34. The van der Waals surface area contributed by atoms with Crippen molar-refractivity contribution in [3.63, 3.8) is 0 Å². The van der Waals surface area contributed by atoms with Crippen LogP contribution < -0.4 is 4.72 Å². The van der Waals surface area contributed by atoms with Gasteiger partial charge in [0.1, 0.15) is 5.82 Å². The highest BCUT2D eigenvalue weighted by Gasteiger charge is 2.33. The third-order valence-electron chi connectivity index (χ3n) is 4.35. The van der Waals surface area contributed by atoms with Crippen molar-refractivity contribution in [2.45, 2.75) is 26.3 Å². The second-order valence-electron chi connectivity index (χ2n) is 6.24. The van der Waals surface area contributed by atoms with Crippen LogP contribution in [0.2, 0.25) is 0 Å². The summed E-state index contributed by atoms with van der Waals surface area (Å²) in [6.45, 7) is 2.93. The molecule has 2 aromatic rings. The van der Waals surface area contributed by atoms with Crippen LogP contribution >= 0.6 is 0 Å². The van der Waals surface area contributed by atoms with Gasteiger partial charge in [0, 0.05) is 24.6 Å². The van der Waals surface area contributed by atoms with Crippen LogP contribution in [0.5, 0.6) is 0 Å². The van der Waals surface area contributed by atoms with Gasteiger partial charge in [-0.3, -0.25) is 9.52 Å². The molecule has 0 aliphatic carbocycles. The van der Waals surface area contributed by atoms with Gasteiger partial charge < -0.3 is 0 Å². The van der Waals surface area contributed by atoms with E-state index in [4.69, 9.17) is 0 Å². The topological polar surface area (TPSA) is 78.8 Å². The fraction of sp³-hybridized carbons (Fsp3) is 0.263. The van der Waals surface area contributed by atoms with Gasteiger partial charge in [0.2, 0.25) is 15.9 Å². The molecule has 1 aliphatic rings. The molecule has 8 heteroatoms. The zero-order chi connectivity index (χ0) is 19.6. The normalized spacial score (nSPS) is 16.9. The van der Waals surface area contributed by atoms with E-state index < -0.39 is 21.9 Å². The standard InChI is InChI=1S/C19H20FN3O3S/c1-3-27(25,26)22-15-8-6-7-14(11-15)18-12-19(23(21-18)13(2)24)16-9-4-5-10-17(16)20/h4-11,19,22H,3,12H2,1-2H3/t19-/m1/s1. The molecule has 1 heterocycles. The molecule has 3 rings (SSSR count). The van der Waals surface area contributed by atoms with Crippen molar-refractivity contribution in [2.75, 3.05) is 10.5 Å². The van der Waals surface area contributed by atoms with E-state index in [9.17, 15) is 17.6 Å². The van der Waals surface area contributed by atoms with Gasteiger partial charge >= 0.3 is 0 Å². The lowest BCUT2D eigenvalue weighted by atomic mass is 9.98. The van der Waals surface area contributed by atoms with Crippen molar-refractivity contribution < 1.29 is 17.6 Å². The summed E-state index contributed by atoms with van der Waals surface area (Å²) < 4.78 is 40.3. The summed E-state index contributed by atoms with van der Waals surface area (Å²) in [5.41, 5.74) is 2.09. The molecule has 1 N–H and O–H groups in total. The van der Waals surface area contributed by atoms with E-state index in [1.165, 1.54) is 18.0 Å².